The number of amides is 1. The number of benzene rings is 1. The van der Waals surface area contributed by atoms with Gasteiger partial charge in [0.25, 0.3) is 0 Å². The van der Waals surface area contributed by atoms with E-state index < -0.39 is 11.6 Å². The number of aryl methyl sites for hydroxylation is 2. The normalized spacial score (nSPS) is 11.8. The van der Waals surface area contributed by atoms with Crippen molar-refractivity contribution >= 4 is 11.6 Å². The summed E-state index contributed by atoms with van der Waals surface area (Å²) in [7, 11) is 1.89. The van der Waals surface area contributed by atoms with Crippen molar-refractivity contribution < 1.29 is 9.90 Å². The Morgan fingerprint density at radius 3 is 2.55 bits per heavy atom. The van der Waals surface area contributed by atoms with Gasteiger partial charge < -0.3 is 5.11 Å². The first kappa shape index (κ1) is 20.6. The van der Waals surface area contributed by atoms with Gasteiger partial charge in [0.15, 0.2) is 0 Å². The minimum atomic E-state index is -0.927. The van der Waals surface area contributed by atoms with E-state index in [9.17, 15) is 9.90 Å². The van der Waals surface area contributed by atoms with Gasteiger partial charge in [0.05, 0.1) is 16.9 Å². The van der Waals surface area contributed by atoms with Crippen LogP contribution in [0.5, 0.6) is 0 Å². The van der Waals surface area contributed by atoms with E-state index in [1.807, 2.05) is 77.5 Å². The van der Waals surface area contributed by atoms with Crippen LogP contribution in [-0.2, 0) is 13.6 Å². The molecule has 3 aromatic heterocycles. The monoisotopic (exact) mass is 418 g/mol. The van der Waals surface area contributed by atoms with Crippen LogP contribution in [0.1, 0.15) is 31.9 Å². The Morgan fingerprint density at radius 1 is 1.16 bits per heavy atom. The van der Waals surface area contributed by atoms with Crippen LogP contribution >= 0.6 is 0 Å². The molecule has 8 heteroatoms. The second kappa shape index (κ2) is 7.54. The third-order valence-corrected chi connectivity index (χ3v) is 5.40. The van der Waals surface area contributed by atoms with Crippen molar-refractivity contribution in [1.29, 1.82) is 0 Å². The lowest BCUT2D eigenvalue weighted by Crippen LogP contribution is -2.44. The molecule has 0 atom stereocenters. The van der Waals surface area contributed by atoms with Gasteiger partial charge in [0, 0.05) is 42.7 Å². The second-order valence-electron chi connectivity index (χ2n) is 8.72. The highest BCUT2D eigenvalue weighted by atomic mass is 16.4. The number of fused-ring (bicyclic) bond motifs is 1. The van der Waals surface area contributed by atoms with Gasteiger partial charge >= 0.3 is 6.09 Å². The van der Waals surface area contributed by atoms with Crippen molar-refractivity contribution in [3.63, 3.8) is 0 Å². The Bertz CT molecular complexity index is 1260. The number of nitrogens with zero attached hydrogens (tertiary/aromatic N) is 6. The van der Waals surface area contributed by atoms with E-state index in [0.717, 1.165) is 39.2 Å². The molecule has 31 heavy (non-hydrogen) atoms. The second-order valence-corrected chi connectivity index (χ2v) is 8.72. The SMILES string of the molecule is Cc1cc(-c2ncnn3cc(-c4ccn(C)n4)cc23)ccc1CN(C(=O)O)C(C)(C)C. The van der Waals surface area contributed by atoms with Gasteiger partial charge in [0.2, 0.25) is 0 Å². The molecule has 8 nitrogen and oxygen atoms in total. The summed E-state index contributed by atoms with van der Waals surface area (Å²) in [6.07, 6.45) is 4.46. The summed E-state index contributed by atoms with van der Waals surface area (Å²) in [4.78, 5) is 17.7. The summed E-state index contributed by atoms with van der Waals surface area (Å²) >= 11 is 0. The molecule has 0 spiro atoms. The molecule has 4 aromatic rings. The highest BCUT2D eigenvalue weighted by Gasteiger charge is 2.26. The summed E-state index contributed by atoms with van der Waals surface area (Å²) in [5, 5.41) is 18.4. The highest BCUT2D eigenvalue weighted by Crippen LogP contribution is 2.29. The van der Waals surface area contributed by atoms with E-state index in [-0.39, 0.29) is 0 Å². The van der Waals surface area contributed by atoms with E-state index in [0.29, 0.717) is 6.54 Å². The Kier molecular flexibility index (Phi) is 5.00. The zero-order chi connectivity index (χ0) is 22.3. The Hall–Kier alpha value is -3.68. The molecule has 4 rings (SSSR count). The molecule has 0 radical (unpaired) electrons. The van der Waals surface area contributed by atoms with Crippen LogP contribution in [0.2, 0.25) is 0 Å². The van der Waals surface area contributed by atoms with Gasteiger partial charge in [-0.05, 0) is 57.0 Å². The number of carbonyl (C=O) groups is 1. The smallest absolute Gasteiger partial charge is 0.408 e. The van der Waals surface area contributed by atoms with Crippen LogP contribution in [0, 0.1) is 6.92 Å². The third kappa shape index (κ3) is 4.01. The Labute approximate surface area is 180 Å². The average Bonchev–Trinajstić information content (AvgIpc) is 3.31. The molecular weight excluding hydrogens is 392 g/mol. The number of carboxylic acid groups (broad SMARTS) is 1. The number of hydrogen-bond acceptors (Lipinski definition) is 4. The lowest BCUT2D eigenvalue weighted by Gasteiger charge is -2.33. The molecule has 0 aliphatic heterocycles. The molecule has 0 aliphatic rings. The fourth-order valence-electron chi connectivity index (χ4n) is 3.64. The van der Waals surface area contributed by atoms with Crippen LogP contribution in [0.25, 0.3) is 28.0 Å². The summed E-state index contributed by atoms with van der Waals surface area (Å²) in [6, 6.07) is 10.0. The summed E-state index contributed by atoms with van der Waals surface area (Å²) < 4.78 is 3.58. The number of aromatic nitrogens is 5. The van der Waals surface area contributed by atoms with E-state index >= 15 is 0 Å². The fourth-order valence-corrected chi connectivity index (χ4v) is 3.64. The standard InChI is InChI=1S/C23H26N6O2/c1-15-10-16(6-7-17(15)12-28(22(30)31)23(2,3)4)21-20-11-18(13-29(20)25-14-24-21)19-8-9-27(5)26-19/h6-11,13-14H,12H2,1-5H3,(H,30,31). The van der Waals surface area contributed by atoms with Crippen LogP contribution < -0.4 is 0 Å². The Balaban J connectivity index is 1.71. The van der Waals surface area contributed by atoms with Gasteiger partial charge in [-0.2, -0.15) is 10.2 Å². The Morgan fingerprint density at radius 2 is 1.94 bits per heavy atom. The van der Waals surface area contributed by atoms with E-state index in [4.69, 9.17) is 0 Å². The maximum absolute atomic E-state index is 11.7. The molecule has 0 aliphatic carbocycles. The minimum absolute atomic E-state index is 0.332. The van der Waals surface area contributed by atoms with Crippen molar-refractivity contribution in [1.82, 2.24) is 29.3 Å². The van der Waals surface area contributed by atoms with Gasteiger partial charge in [-0.3, -0.25) is 9.58 Å². The summed E-state index contributed by atoms with van der Waals surface area (Å²) in [5.74, 6) is 0. The predicted molar refractivity (Wildman–Crippen MR) is 119 cm³/mol. The molecule has 3 heterocycles. The highest BCUT2D eigenvalue weighted by molar-refractivity contribution is 5.81. The molecule has 1 aromatic carbocycles. The first-order valence-corrected chi connectivity index (χ1v) is 10.1. The molecule has 1 N–H and O–H groups in total. The first-order valence-electron chi connectivity index (χ1n) is 10.1. The van der Waals surface area contributed by atoms with Crippen molar-refractivity contribution in [2.45, 2.75) is 39.8 Å². The largest absolute Gasteiger partial charge is 0.465 e. The molecule has 0 fully saturated rings. The average molecular weight is 419 g/mol. The predicted octanol–water partition coefficient (Wildman–Crippen LogP) is 4.38. The molecule has 0 bridgehead atoms. The molecule has 160 valence electrons. The first-order chi connectivity index (χ1) is 14.6. The summed E-state index contributed by atoms with van der Waals surface area (Å²) in [5.41, 5.74) is 6.01. The maximum atomic E-state index is 11.7. The van der Waals surface area contributed by atoms with Crippen molar-refractivity contribution in [2.75, 3.05) is 0 Å². The number of hydrogen-bond donors (Lipinski definition) is 1. The third-order valence-electron chi connectivity index (χ3n) is 5.40. The van der Waals surface area contributed by atoms with Gasteiger partial charge in [-0.15, -0.1) is 0 Å². The molecule has 0 unspecified atom stereocenters. The maximum Gasteiger partial charge on any atom is 0.408 e. The van der Waals surface area contributed by atoms with E-state index in [2.05, 4.69) is 15.2 Å². The van der Waals surface area contributed by atoms with Crippen LogP contribution in [0.15, 0.2) is 49.1 Å². The van der Waals surface area contributed by atoms with Crippen LogP contribution in [-0.4, -0.2) is 46.0 Å². The van der Waals surface area contributed by atoms with Gasteiger partial charge in [-0.25, -0.2) is 14.3 Å². The molecule has 0 saturated carbocycles. The van der Waals surface area contributed by atoms with Crippen molar-refractivity contribution in [3.8, 4) is 22.5 Å². The van der Waals surface area contributed by atoms with Crippen LogP contribution in [0.4, 0.5) is 4.79 Å². The lowest BCUT2D eigenvalue weighted by molar-refractivity contribution is 0.0954. The summed E-state index contributed by atoms with van der Waals surface area (Å²) in [6.45, 7) is 8.02. The van der Waals surface area contributed by atoms with E-state index in [1.54, 1.807) is 15.5 Å². The van der Waals surface area contributed by atoms with E-state index in [1.165, 1.54) is 4.90 Å². The number of rotatable bonds is 4. The fraction of sp³-hybridized carbons (Fsp3) is 0.304. The zero-order valence-electron chi connectivity index (χ0n) is 18.4. The minimum Gasteiger partial charge on any atom is -0.465 e. The quantitative estimate of drug-likeness (QED) is 0.531. The van der Waals surface area contributed by atoms with Gasteiger partial charge in [-0.1, -0.05) is 12.1 Å². The zero-order valence-corrected chi connectivity index (χ0v) is 18.4. The lowest BCUT2D eigenvalue weighted by atomic mass is 10.00. The van der Waals surface area contributed by atoms with Crippen LogP contribution in [0.3, 0.4) is 0 Å². The molecular formula is C23H26N6O2. The van der Waals surface area contributed by atoms with Gasteiger partial charge in [0.1, 0.15) is 6.33 Å². The van der Waals surface area contributed by atoms with Crippen molar-refractivity contribution in [2.24, 2.45) is 7.05 Å². The topological polar surface area (TPSA) is 88.6 Å². The van der Waals surface area contributed by atoms with Crippen molar-refractivity contribution in [3.05, 3.63) is 60.2 Å². The molecule has 0 saturated heterocycles. The molecule has 1 amide bonds.